The molecule has 25 heavy (non-hydrogen) atoms. The first-order chi connectivity index (χ1) is 12.2. The number of hydrogen-bond acceptors (Lipinski definition) is 3. The molecule has 0 amide bonds. The molecule has 2 aliphatic rings. The van der Waals surface area contributed by atoms with E-state index < -0.39 is 0 Å². The number of H-pyrrole nitrogens is 1. The van der Waals surface area contributed by atoms with Crippen molar-refractivity contribution in [3.63, 3.8) is 0 Å². The molecule has 0 spiro atoms. The Balaban J connectivity index is 1.63. The lowest BCUT2D eigenvalue weighted by Gasteiger charge is -2.16. The molecular weight excluding hydrogens is 316 g/mol. The average molecular weight is 342 g/mol. The van der Waals surface area contributed by atoms with E-state index in [1.165, 1.54) is 25.7 Å². The maximum absolute atomic E-state index is 12.4. The second-order valence-corrected chi connectivity index (χ2v) is 7.21. The molecule has 1 N–H and O–H groups in total. The number of ether oxygens (including phenoxy) is 2. The first-order valence-corrected chi connectivity index (χ1v) is 9.41. The van der Waals surface area contributed by atoms with Crippen LogP contribution in [0.4, 0.5) is 0 Å². The third kappa shape index (κ3) is 3.32. The van der Waals surface area contributed by atoms with E-state index in [9.17, 15) is 4.79 Å². The predicted molar refractivity (Wildman–Crippen MR) is 97.4 cm³/mol. The van der Waals surface area contributed by atoms with Crippen molar-refractivity contribution in [2.75, 3.05) is 7.11 Å². The number of aromatic amines is 1. The summed E-state index contributed by atoms with van der Waals surface area (Å²) in [6.07, 6.45) is 9.49. The Morgan fingerprint density at radius 1 is 1.00 bits per heavy atom. The molecular formula is C20H26N2O3. The molecule has 0 radical (unpaired) electrons. The highest BCUT2D eigenvalue weighted by Gasteiger charge is 2.21. The molecule has 0 saturated heterocycles. The van der Waals surface area contributed by atoms with Crippen LogP contribution >= 0.6 is 0 Å². The molecule has 5 nitrogen and oxygen atoms in total. The number of aromatic nitrogens is 2. The molecule has 4 rings (SSSR count). The van der Waals surface area contributed by atoms with E-state index in [1.807, 2.05) is 18.2 Å². The van der Waals surface area contributed by atoms with Crippen molar-refractivity contribution in [3.8, 4) is 22.8 Å². The summed E-state index contributed by atoms with van der Waals surface area (Å²) in [5, 5.41) is 3.31. The lowest BCUT2D eigenvalue weighted by Crippen LogP contribution is -2.19. The Morgan fingerprint density at radius 2 is 1.72 bits per heavy atom. The highest BCUT2D eigenvalue weighted by Crippen LogP contribution is 2.35. The third-order valence-corrected chi connectivity index (χ3v) is 5.51. The van der Waals surface area contributed by atoms with Gasteiger partial charge >= 0.3 is 0 Å². The van der Waals surface area contributed by atoms with Crippen LogP contribution in [0.3, 0.4) is 0 Å². The topological polar surface area (TPSA) is 56.2 Å². The van der Waals surface area contributed by atoms with Crippen LogP contribution in [0.5, 0.6) is 11.5 Å². The first kappa shape index (κ1) is 16.3. The van der Waals surface area contributed by atoms with Crippen molar-refractivity contribution < 1.29 is 9.47 Å². The Bertz CT molecular complexity index is 780. The normalized spacial score (nSPS) is 18.8. The number of hydrogen-bond donors (Lipinski definition) is 1. The zero-order valence-electron chi connectivity index (χ0n) is 14.8. The predicted octanol–water partition coefficient (Wildman–Crippen LogP) is 4.29. The summed E-state index contributed by atoms with van der Waals surface area (Å²) in [7, 11) is 1.66. The van der Waals surface area contributed by atoms with Crippen LogP contribution in [0, 0.1) is 0 Å². The van der Waals surface area contributed by atoms with E-state index in [1.54, 1.807) is 17.9 Å². The largest absolute Gasteiger partial charge is 0.493 e. The molecule has 0 aliphatic heterocycles. The van der Waals surface area contributed by atoms with Crippen molar-refractivity contribution in [1.82, 2.24) is 9.78 Å². The molecule has 0 bridgehead atoms. The summed E-state index contributed by atoms with van der Waals surface area (Å²) in [4.78, 5) is 12.4. The van der Waals surface area contributed by atoms with Crippen LogP contribution in [0.1, 0.15) is 57.4 Å². The lowest BCUT2D eigenvalue weighted by molar-refractivity contribution is 0.201. The van der Waals surface area contributed by atoms with Gasteiger partial charge in [-0.25, -0.2) is 4.68 Å². The summed E-state index contributed by atoms with van der Waals surface area (Å²) in [6, 6.07) is 7.89. The van der Waals surface area contributed by atoms with Gasteiger partial charge in [0.05, 0.1) is 24.9 Å². The van der Waals surface area contributed by atoms with Crippen molar-refractivity contribution in [2.24, 2.45) is 0 Å². The molecule has 1 heterocycles. The summed E-state index contributed by atoms with van der Waals surface area (Å²) < 4.78 is 13.4. The monoisotopic (exact) mass is 342 g/mol. The van der Waals surface area contributed by atoms with Crippen molar-refractivity contribution in [2.45, 2.75) is 63.5 Å². The van der Waals surface area contributed by atoms with E-state index in [2.05, 4.69) is 5.10 Å². The van der Waals surface area contributed by atoms with E-state index in [0.717, 1.165) is 48.4 Å². The number of rotatable bonds is 5. The second-order valence-electron chi connectivity index (χ2n) is 7.21. The van der Waals surface area contributed by atoms with Gasteiger partial charge in [-0.05, 0) is 56.7 Å². The molecule has 5 heteroatoms. The van der Waals surface area contributed by atoms with Gasteiger partial charge in [-0.3, -0.25) is 9.89 Å². The first-order valence-electron chi connectivity index (χ1n) is 9.41. The van der Waals surface area contributed by atoms with Gasteiger partial charge in [0.15, 0.2) is 11.5 Å². The maximum atomic E-state index is 12.4. The second kappa shape index (κ2) is 6.98. The highest BCUT2D eigenvalue weighted by atomic mass is 16.5. The van der Waals surface area contributed by atoms with Gasteiger partial charge in [-0.1, -0.05) is 12.8 Å². The molecule has 2 fully saturated rings. The van der Waals surface area contributed by atoms with Crippen LogP contribution in [-0.4, -0.2) is 23.0 Å². The van der Waals surface area contributed by atoms with Crippen molar-refractivity contribution in [3.05, 3.63) is 34.6 Å². The molecule has 1 aromatic carbocycles. The van der Waals surface area contributed by atoms with Crippen molar-refractivity contribution >= 4 is 0 Å². The zero-order chi connectivity index (χ0) is 17.2. The van der Waals surface area contributed by atoms with Crippen LogP contribution in [0.25, 0.3) is 11.3 Å². The van der Waals surface area contributed by atoms with Crippen LogP contribution < -0.4 is 15.0 Å². The van der Waals surface area contributed by atoms with Gasteiger partial charge in [0.1, 0.15) is 0 Å². The van der Waals surface area contributed by atoms with E-state index in [-0.39, 0.29) is 11.7 Å². The summed E-state index contributed by atoms with van der Waals surface area (Å²) in [5.41, 5.74) is 1.86. The van der Waals surface area contributed by atoms with E-state index in [0.29, 0.717) is 6.04 Å². The minimum absolute atomic E-state index is 0.0518. The summed E-state index contributed by atoms with van der Waals surface area (Å²) in [6.45, 7) is 0. The van der Waals surface area contributed by atoms with E-state index >= 15 is 0 Å². The maximum Gasteiger partial charge on any atom is 0.267 e. The SMILES string of the molecule is COc1ccc(-c2cc(=O)n(C3CCCC3)[nH]2)cc1OC1CCCC1. The van der Waals surface area contributed by atoms with Gasteiger partial charge in [0, 0.05) is 11.6 Å². The fourth-order valence-electron chi connectivity index (χ4n) is 4.11. The van der Waals surface area contributed by atoms with Gasteiger partial charge in [-0.2, -0.15) is 0 Å². The number of nitrogens with zero attached hydrogens (tertiary/aromatic N) is 1. The van der Waals surface area contributed by atoms with Crippen LogP contribution in [-0.2, 0) is 0 Å². The van der Waals surface area contributed by atoms with Gasteiger partial charge < -0.3 is 9.47 Å². The quantitative estimate of drug-likeness (QED) is 0.882. The smallest absolute Gasteiger partial charge is 0.267 e. The van der Waals surface area contributed by atoms with Crippen LogP contribution in [0.2, 0.25) is 0 Å². The molecule has 0 unspecified atom stereocenters. The molecule has 2 aromatic rings. The third-order valence-electron chi connectivity index (χ3n) is 5.51. The zero-order valence-corrected chi connectivity index (χ0v) is 14.8. The number of methoxy groups -OCH3 is 1. The summed E-state index contributed by atoms with van der Waals surface area (Å²) in [5.74, 6) is 1.51. The number of nitrogens with one attached hydrogen (secondary N) is 1. The Morgan fingerprint density at radius 3 is 2.44 bits per heavy atom. The van der Waals surface area contributed by atoms with Gasteiger partial charge in [0.2, 0.25) is 0 Å². The Hall–Kier alpha value is -2.17. The van der Waals surface area contributed by atoms with Gasteiger partial charge in [-0.15, -0.1) is 0 Å². The Labute approximate surface area is 147 Å². The molecule has 134 valence electrons. The Kier molecular flexibility index (Phi) is 4.55. The van der Waals surface area contributed by atoms with Crippen molar-refractivity contribution in [1.29, 1.82) is 0 Å². The summed E-state index contributed by atoms with van der Waals surface area (Å²) >= 11 is 0. The average Bonchev–Trinajstić information content (AvgIpc) is 3.36. The molecule has 2 saturated carbocycles. The minimum atomic E-state index is 0.0518. The molecule has 1 aromatic heterocycles. The van der Waals surface area contributed by atoms with E-state index in [4.69, 9.17) is 9.47 Å². The molecule has 2 aliphatic carbocycles. The highest BCUT2D eigenvalue weighted by molar-refractivity contribution is 5.63. The minimum Gasteiger partial charge on any atom is -0.493 e. The molecule has 0 atom stereocenters. The van der Waals surface area contributed by atoms with Gasteiger partial charge in [0.25, 0.3) is 5.56 Å². The fourth-order valence-corrected chi connectivity index (χ4v) is 4.11. The standard InChI is InChI=1S/C20H26N2O3/c1-24-18-11-10-14(12-19(18)25-16-8-4-5-9-16)17-13-20(23)22(21-17)15-6-2-3-7-15/h10-13,15-16,21H,2-9H2,1H3. The fraction of sp³-hybridized carbons (Fsp3) is 0.550. The number of benzene rings is 1. The van der Waals surface area contributed by atoms with Crippen LogP contribution in [0.15, 0.2) is 29.1 Å². The lowest BCUT2D eigenvalue weighted by atomic mass is 10.1.